The highest BCUT2D eigenvalue weighted by molar-refractivity contribution is 7.99. The lowest BCUT2D eigenvalue weighted by molar-refractivity contribution is 1.15. The first kappa shape index (κ1) is 14.0. The summed E-state index contributed by atoms with van der Waals surface area (Å²) in [5.41, 5.74) is 4.00. The molecule has 0 spiro atoms. The maximum absolute atomic E-state index is 3.55. The summed E-state index contributed by atoms with van der Waals surface area (Å²) in [5.74, 6) is 2.35. The molecule has 1 N–H and O–H groups in total. The summed E-state index contributed by atoms with van der Waals surface area (Å²) in [6, 6.07) is 19.2. The number of hydrogen-bond donors (Lipinski definition) is 1. The quantitative estimate of drug-likeness (QED) is 0.747. The van der Waals surface area contributed by atoms with Crippen molar-refractivity contribution >= 4 is 17.4 Å². The Morgan fingerprint density at radius 1 is 0.947 bits per heavy atom. The zero-order valence-corrected chi connectivity index (χ0v) is 12.2. The predicted molar refractivity (Wildman–Crippen MR) is 87.2 cm³/mol. The Balaban J connectivity index is 2.00. The van der Waals surface area contributed by atoms with Crippen LogP contribution in [-0.4, -0.2) is 18.1 Å². The minimum atomic E-state index is 0.991. The molecule has 0 bridgehead atoms. The molecule has 0 fully saturated rings. The van der Waals surface area contributed by atoms with Crippen LogP contribution in [0, 0.1) is 0 Å². The number of hydrogen-bond acceptors (Lipinski definition) is 2. The van der Waals surface area contributed by atoms with Crippen LogP contribution in [0.5, 0.6) is 0 Å². The molecule has 2 aromatic rings. The molecule has 0 saturated heterocycles. The second-order valence-electron chi connectivity index (χ2n) is 4.44. The van der Waals surface area contributed by atoms with E-state index in [1.54, 1.807) is 0 Å². The highest BCUT2D eigenvalue weighted by Crippen LogP contribution is 2.19. The molecule has 19 heavy (non-hydrogen) atoms. The van der Waals surface area contributed by atoms with Gasteiger partial charge < -0.3 is 5.32 Å². The van der Waals surface area contributed by atoms with Gasteiger partial charge in [-0.15, -0.1) is 0 Å². The second kappa shape index (κ2) is 7.90. The first-order valence-electron chi connectivity index (χ1n) is 6.83. The number of rotatable bonds is 7. The summed E-state index contributed by atoms with van der Waals surface area (Å²) in [6.45, 7) is 3.23. The summed E-state index contributed by atoms with van der Waals surface area (Å²) in [7, 11) is 0. The van der Waals surface area contributed by atoms with Gasteiger partial charge in [-0.1, -0.05) is 55.5 Å². The third kappa shape index (κ3) is 4.64. The minimum absolute atomic E-state index is 0.991. The summed E-state index contributed by atoms with van der Waals surface area (Å²) >= 11 is 1.97. The highest BCUT2D eigenvalue weighted by atomic mass is 32.2. The lowest BCUT2D eigenvalue weighted by atomic mass is 10.0. The molecule has 2 rings (SSSR count). The van der Waals surface area contributed by atoms with E-state index in [1.807, 2.05) is 11.8 Å². The first-order valence-corrected chi connectivity index (χ1v) is 7.99. The lowest BCUT2D eigenvalue weighted by Crippen LogP contribution is -2.06. The van der Waals surface area contributed by atoms with E-state index >= 15 is 0 Å². The molecule has 1 nitrogen and oxygen atoms in total. The van der Waals surface area contributed by atoms with Crippen LogP contribution in [0.15, 0.2) is 54.6 Å². The van der Waals surface area contributed by atoms with E-state index in [0.29, 0.717) is 0 Å². The Bertz CT molecular complexity index is 482. The number of nitrogens with one attached hydrogen (secondary N) is 1. The smallest absolute Gasteiger partial charge is 0.0376 e. The highest BCUT2D eigenvalue weighted by Gasteiger charge is 2.02. The Labute approximate surface area is 120 Å². The number of benzene rings is 2. The SMILES string of the molecule is CCSCCNc1ccccc1Cc1ccccc1. The fraction of sp³-hybridized carbons (Fsp3) is 0.294. The number of anilines is 1. The molecule has 100 valence electrons. The largest absolute Gasteiger partial charge is 0.384 e. The van der Waals surface area contributed by atoms with Crippen LogP contribution in [0.3, 0.4) is 0 Å². The van der Waals surface area contributed by atoms with Crippen molar-refractivity contribution in [1.29, 1.82) is 0 Å². The van der Waals surface area contributed by atoms with Crippen LogP contribution in [0.1, 0.15) is 18.1 Å². The lowest BCUT2D eigenvalue weighted by Gasteiger charge is -2.12. The predicted octanol–water partition coefficient (Wildman–Crippen LogP) is 4.44. The molecular formula is C17H21NS. The van der Waals surface area contributed by atoms with Crippen LogP contribution in [0.2, 0.25) is 0 Å². The zero-order chi connectivity index (χ0) is 13.3. The molecule has 0 heterocycles. The zero-order valence-electron chi connectivity index (χ0n) is 11.4. The van der Waals surface area contributed by atoms with Gasteiger partial charge in [0.1, 0.15) is 0 Å². The monoisotopic (exact) mass is 271 g/mol. The van der Waals surface area contributed by atoms with E-state index in [2.05, 4.69) is 66.8 Å². The van der Waals surface area contributed by atoms with E-state index in [1.165, 1.54) is 22.6 Å². The van der Waals surface area contributed by atoms with Gasteiger partial charge >= 0.3 is 0 Å². The van der Waals surface area contributed by atoms with Crippen molar-refractivity contribution in [2.24, 2.45) is 0 Å². The van der Waals surface area contributed by atoms with Crippen molar-refractivity contribution in [3.63, 3.8) is 0 Å². The topological polar surface area (TPSA) is 12.0 Å². The van der Waals surface area contributed by atoms with Gasteiger partial charge in [0.05, 0.1) is 0 Å². The molecule has 0 aliphatic heterocycles. The fourth-order valence-electron chi connectivity index (χ4n) is 2.06. The van der Waals surface area contributed by atoms with Crippen molar-refractivity contribution in [3.8, 4) is 0 Å². The van der Waals surface area contributed by atoms with Gasteiger partial charge in [-0.25, -0.2) is 0 Å². The molecular weight excluding hydrogens is 250 g/mol. The maximum atomic E-state index is 3.55. The van der Waals surface area contributed by atoms with E-state index in [4.69, 9.17) is 0 Å². The Hall–Kier alpha value is -1.41. The number of para-hydroxylation sites is 1. The van der Waals surface area contributed by atoms with Crippen molar-refractivity contribution in [3.05, 3.63) is 65.7 Å². The molecule has 0 radical (unpaired) electrons. The molecule has 0 amide bonds. The summed E-state index contributed by atoms with van der Waals surface area (Å²) in [6.07, 6.45) is 0.991. The third-order valence-corrected chi connectivity index (χ3v) is 3.92. The Morgan fingerprint density at radius 2 is 1.68 bits per heavy atom. The molecule has 0 atom stereocenters. The van der Waals surface area contributed by atoms with Crippen LogP contribution in [0.25, 0.3) is 0 Å². The van der Waals surface area contributed by atoms with E-state index in [0.717, 1.165) is 18.7 Å². The molecule has 2 aromatic carbocycles. The van der Waals surface area contributed by atoms with Crippen LogP contribution in [-0.2, 0) is 6.42 Å². The molecule has 0 aliphatic rings. The van der Waals surface area contributed by atoms with Gasteiger partial charge in [0.25, 0.3) is 0 Å². The van der Waals surface area contributed by atoms with Gasteiger partial charge in [0.15, 0.2) is 0 Å². The number of thioether (sulfide) groups is 1. The minimum Gasteiger partial charge on any atom is -0.384 e. The second-order valence-corrected chi connectivity index (χ2v) is 5.84. The molecule has 2 heteroatoms. The fourth-order valence-corrected chi connectivity index (χ4v) is 2.60. The van der Waals surface area contributed by atoms with E-state index < -0.39 is 0 Å². The van der Waals surface area contributed by atoms with Crippen LogP contribution >= 0.6 is 11.8 Å². The molecule has 0 unspecified atom stereocenters. The summed E-state index contributed by atoms with van der Waals surface area (Å²) in [4.78, 5) is 0. The Kier molecular flexibility index (Phi) is 5.83. The van der Waals surface area contributed by atoms with E-state index in [9.17, 15) is 0 Å². The molecule has 0 aromatic heterocycles. The average molecular weight is 271 g/mol. The van der Waals surface area contributed by atoms with Crippen molar-refractivity contribution in [1.82, 2.24) is 0 Å². The molecule has 0 aliphatic carbocycles. The standard InChI is InChI=1S/C17H21NS/c1-2-19-13-12-18-17-11-7-6-10-16(17)14-15-8-4-3-5-9-15/h3-11,18H,2,12-14H2,1H3. The van der Waals surface area contributed by atoms with Crippen molar-refractivity contribution in [2.45, 2.75) is 13.3 Å². The average Bonchev–Trinajstić information content (AvgIpc) is 2.46. The van der Waals surface area contributed by atoms with Gasteiger partial charge in [0, 0.05) is 18.0 Å². The maximum Gasteiger partial charge on any atom is 0.0376 e. The van der Waals surface area contributed by atoms with Crippen molar-refractivity contribution < 1.29 is 0 Å². The van der Waals surface area contributed by atoms with Crippen molar-refractivity contribution in [2.75, 3.05) is 23.4 Å². The van der Waals surface area contributed by atoms with Crippen LogP contribution < -0.4 is 5.32 Å². The molecule has 0 saturated carbocycles. The first-order chi connectivity index (χ1) is 9.40. The third-order valence-electron chi connectivity index (χ3n) is 3.02. The van der Waals surface area contributed by atoms with Crippen LogP contribution in [0.4, 0.5) is 5.69 Å². The van der Waals surface area contributed by atoms with Gasteiger partial charge in [-0.2, -0.15) is 11.8 Å². The summed E-state index contributed by atoms with van der Waals surface area (Å²) < 4.78 is 0. The van der Waals surface area contributed by atoms with Gasteiger partial charge in [-0.05, 0) is 29.4 Å². The van der Waals surface area contributed by atoms with E-state index in [-0.39, 0.29) is 0 Å². The van der Waals surface area contributed by atoms with Gasteiger partial charge in [-0.3, -0.25) is 0 Å². The summed E-state index contributed by atoms with van der Waals surface area (Å²) in [5, 5.41) is 3.55. The normalized spacial score (nSPS) is 10.4. The van der Waals surface area contributed by atoms with Gasteiger partial charge in [0.2, 0.25) is 0 Å². The Morgan fingerprint density at radius 3 is 2.47 bits per heavy atom.